The number of hydrogen-bond donors (Lipinski definition) is 2. The van der Waals surface area contributed by atoms with Gasteiger partial charge in [0, 0.05) is 32.6 Å². The second-order valence-electron chi connectivity index (χ2n) is 4.82. The first kappa shape index (κ1) is 14.2. The van der Waals surface area contributed by atoms with Crippen molar-refractivity contribution >= 4 is 11.6 Å². The summed E-state index contributed by atoms with van der Waals surface area (Å²) in [6.07, 6.45) is 5.44. The number of nitrogens with zero attached hydrogens (tertiary/aromatic N) is 2. The Balaban J connectivity index is 1.95. The number of carbonyl (C=O) groups excluding carboxylic acids is 1. The van der Waals surface area contributed by atoms with Gasteiger partial charge in [0.1, 0.15) is 5.75 Å². The first-order valence-corrected chi connectivity index (χ1v) is 6.64. The van der Waals surface area contributed by atoms with Crippen molar-refractivity contribution < 1.29 is 9.90 Å². The number of carbonyl (C=O) groups is 1. The number of para-hydroxylation sites is 2. The Morgan fingerprint density at radius 1 is 1.35 bits per heavy atom. The van der Waals surface area contributed by atoms with Crippen molar-refractivity contribution in [1.82, 2.24) is 4.90 Å². The van der Waals surface area contributed by atoms with E-state index >= 15 is 0 Å². The van der Waals surface area contributed by atoms with Gasteiger partial charge in [0.25, 0.3) is 0 Å². The van der Waals surface area contributed by atoms with Crippen LogP contribution in [0.15, 0.2) is 24.3 Å². The van der Waals surface area contributed by atoms with E-state index in [4.69, 9.17) is 12.2 Å². The molecule has 0 radical (unpaired) electrons. The van der Waals surface area contributed by atoms with Crippen LogP contribution in [0.3, 0.4) is 0 Å². The van der Waals surface area contributed by atoms with Crippen LogP contribution in [0.4, 0.5) is 5.69 Å². The monoisotopic (exact) mass is 273 g/mol. The summed E-state index contributed by atoms with van der Waals surface area (Å²) in [5, 5.41) is 9.83. The smallest absolute Gasteiger partial charge is 0.240 e. The van der Waals surface area contributed by atoms with Crippen molar-refractivity contribution in [2.75, 3.05) is 31.1 Å². The number of terminal acetylenes is 1. The minimum absolute atomic E-state index is 0.0973. The van der Waals surface area contributed by atoms with E-state index in [0.717, 1.165) is 5.69 Å². The van der Waals surface area contributed by atoms with E-state index < -0.39 is 6.04 Å². The second kappa shape index (κ2) is 6.31. The Hall–Kier alpha value is -2.19. The van der Waals surface area contributed by atoms with Crippen LogP contribution in [0.2, 0.25) is 0 Å². The average Bonchev–Trinajstić information content (AvgIpc) is 2.47. The number of anilines is 1. The number of aromatic hydroxyl groups is 1. The molecule has 20 heavy (non-hydrogen) atoms. The number of benzene rings is 1. The van der Waals surface area contributed by atoms with Crippen LogP contribution in [-0.4, -0.2) is 48.1 Å². The highest BCUT2D eigenvalue weighted by Gasteiger charge is 2.25. The Labute approximate surface area is 119 Å². The molecule has 1 aliphatic rings. The number of amides is 1. The molecule has 0 saturated carbocycles. The summed E-state index contributed by atoms with van der Waals surface area (Å²) in [6, 6.07) is 6.59. The van der Waals surface area contributed by atoms with Crippen molar-refractivity contribution in [3.63, 3.8) is 0 Å². The van der Waals surface area contributed by atoms with Gasteiger partial charge in [-0.3, -0.25) is 4.79 Å². The number of phenols is 1. The third-order valence-electron chi connectivity index (χ3n) is 3.47. The van der Waals surface area contributed by atoms with E-state index in [9.17, 15) is 9.90 Å². The van der Waals surface area contributed by atoms with E-state index in [0.29, 0.717) is 26.2 Å². The van der Waals surface area contributed by atoms with Gasteiger partial charge in [0.15, 0.2) is 0 Å². The van der Waals surface area contributed by atoms with Gasteiger partial charge in [0.05, 0.1) is 11.7 Å². The molecule has 0 bridgehead atoms. The van der Waals surface area contributed by atoms with Gasteiger partial charge in [0.2, 0.25) is 5.91 Å². The van der Waals surface area contributed by atoms with Crippen molar-refractivity contribution in [3.8, 4) is 18.1 Å². The third kappa shape index (κ3) is 3.03. The van der Waals surface area contributed by atoms with Crippen LogP contribution in [0, 0.1) is 12.3 Å². The SMILES string of the molecule is C#CCC(N)C(=O)N1CCN(c2ccccc2O)CC1. The fourth-order valence-corrected chi connectivity index (χ4v) is 2.35. The van der Waals surface area contributed by atoms with Crippen LogP contribution >= 0.6 is 0 Å². The van der Waals surface area contributed by atoms with Gasteiger partial charge < -0.3 is 20.6 Å². The number of phenolic OH excluding ortho intramolecular Hbond substituents is 1. The minimum atomic E-state index is -0.614. The lowest BCUT2D eigenvalue weighted by Crippen LogP contribution is -2.53. The fourth-order valence-electron chi connectivity index (χ4n) is 2.35. The number of piperazine rings is 1. The highest BCUT2D eigenvalue weighted by molar-refractivity contribution is 5.82. The van der Waals surface area contributed by atoms with Gasteiger partial charge in [-0.2, -0.15) is 0 Å². The normalized spacial score (nSPS) is 16.6. The molecule has 5 heteroatoms. The third-order valence-corrected chi connectivity index (χ3v) is 3.47. The first-order chi connectivity index (χ1) is 9.63. The Morgan fingerprint density at radius 3 is 2.60 bits per heavy atom. The number of nitrogens with two attached hydrogens (primary N) is 1. The maximum absolute atomic E-state index is 12.0. The highest BCUT2D eigenvalue weighted by atomic mass is 16.3. The summed E-state index contributed by atoms with van der Waals surface area (Å²) < 4.78 is 0. The molecule has 1 atom stereocenters. The zero-order chi connectivity index (χ0) is 14.5. The largest absolute Gasteiger partial charge is 0.506 e. The Morgan fingerprint density at radius 2 is 2.00 bits per heavy atom. The summed E-state index contributed by atoms with van der Waals surface area (Å²) in [5.74, 6) is 2.58. The molecule has 1 aromatic rings. The fraction of sp³-hybridized carbons (Fsp3) is 0.400. The van der Waals surface area contributed by atoms with E-state index in [-0.39, 0.29) is 18.1 Å². The molecule has 2 rings (SSSR count). The van der Waals surface area contributed by atoms with E-state index in [1.54, 1.807) is 17.0 Å². The minimum Gasteiger partial charge on any atom is -0.506 e. The second-order valence-corrected chi connectivity index (χ2v) is 4.82. The molecule has 1 heterocycles. The summed E-state index contributed by atoms with van der Waals surface area (Å²) >= 11 is 0. The summed E-state index contributed by atoms with van der Waals surface area (Å²) in [6.45, 7) is 2.52. The molecule has 1 aromatic carbocycles. The standard InChI is InChI=1S/C15H19N3O2/c1-2-5-12(16)15(20)18-10-8-17(9-11-18)13-6-3-4-7-14(13)19/h1,3-4,6-7,12,19H,5,8-11,16H2. The summed E-state index contributed by atoms with van der Waals surface area (Å²) in [4.78, 5) is 15.8. The maximum atomic E-state index is 12.0. The van der Waals surface area contributed by atoms with Crippen LogP contribution in [0.5, 0.6) is 5.75 Å². The van der Waals surface area contributed by atoms with Gasteiger partial charge in [-0.1, -0.05) is 12.1 Å². The van der Waals surface area contributed by atoms with Gasteiger partial charge >= 0.3 is 0 Å². The number of rotatable bonds is 3. The quantitative estimate of drug-likeness (QED) is 0.782. The van der Waals surface area contributed by atoms with Gasteiger partial charge in [-0.05, 0) is 12.1 Å². The molecule has 0 spiro atoms. The highest BCUT2D eigenvalue weighted by Crippen LogP contribution is 2.27. The lowest BCUT2D eigenvalue weighted by molar-refractivity contribution is -0.132. The lowest BCUT2D eigenvalue weighted by atomic mass is 10.1. The molecular formula is C15H19N3O2. The molecule has 3 N–H and O–H groups in total. The van der Waals surface area contributed by atoms with Crippen molar-refractivity contribution in [2.24, 2.45) is 5.73 Å². The van der Waals surface area contributed by atoms with E-state index in [1.807, 2.05) is 12.1 Å². The molecule has 106 valence electrons. The van der Waals surface area contributed by atoms with Crippen molar-refractivity contribution in [2.45, 2.75) is 12.5 Å². The molecule has 1 amide bonds. The zero-order valence-corrected chi connectivity index (χ0v) is 11.3. The van der Waals surface area contributed by atoms with E-state index in [2.05, 4.69) is 10.8 Å². The molecular weight excluding hydrogens is 254 g/mol. The Kier molecular flexibility index (Phi) is 4.49. The molecule has 0 aromatic heterocycles. The molecule has 1 saturated heterocycles. The topological polar surface area (TPSA) is 69.8 Å². The lowest BCUT2D eigenvalue weighted by Gasteiger charge is -2.37. The van der Waals surface area contributed by atoms with E-state index in [1.165, 1.54) is 0 Å². The van der Waals surface area contributed by atoms with Crippen LogP contribution in [0.25, 0.3) is 0 Å². The van der Waals surface area contributed by atoms with Gasteiger partial charge in [-0.15, -0.1) is 12.3 Å². The summed E-state index contributed by atoms with van der Waals surface area (Å²) in [7, 11) is 0. The number of hydrogen-bond acceptors (Lipinski definition) is 4. The molecule has 1 aliphatic heterocycles. The van der Waals surface area contributed by atoms with Crippen molar-refractivity contribution in [1.29, 1.82) is 0 Å². The predicted octanol–water partition coefficient (Wildman–Crippen LogP) is 0.391. The average molecular weight is 273 g/mol. The molecule has 1 fully saturated rings. The maximum Gasteiger partial charge on any atom is 0.240 e. The van der Waals surface area contributed by atoms with Crippen LogP contribution < -0.4 is 10.6 Å². The summed E-state index contributed by atoms with van der Waals surface area (Å²) in [5.41, 5.74) is 6.54. The van der Waals surface area contributed by atoms with Crippen LogP contribution in [-0.2, 0) is 4.79 Å². The molecule has 1 unspecified atom stereocenters. The Bertz CT molecular complexity index is 516. The zero-order valence-electron chi connectivity index (χ0n) is 11.3. The van der Waals surface area contributed by atoms with Gasteiger partial charge in [-0.25, -0.2) is 0 Å². The molecule has 0 aliphatic carbocycles. The van der Waals surface area contributed by atoms with Crippen molar-refractivity contribution in [3.05, 3.63) is 24.3 Å². The van der Waals surface area contributed by atoms with Crippen LogP contribution in [0.1, 0.15) is 6.42 Å². The first-order valence-electron chi connectivity index (χ1n) is 6.64. The predicted molar refractivity (Wildman–Crippen MR) is 78.3 cm³/mol. The molecule has 5 nitrogen and oxygen atoms in total.